The second-order valence-corrected chi connectivity index (χ2v) is 6.41. The Balaban J connectivity index is 1.46. The van der Waals surface area contributed by atoms with E-state index in [0.29, 0.717) is 37.2 Å². The molecule has 3 rings (SSSR count). The summed E-state index contributed by atoms with van der Waals surface area (Å²) >= 11 is 1.55. The highest BCUT2D eigenvalue weighted by molar-refractivity contribution is 7.13. The number of pyridine rings is 1. The second-order valence-electron chi connectivity index (χ2n) is 5.47. The molecule has 8 nitrogen and oxygen atoms in total. The monoisotopic (exact) mass is 388 g/mol. The van der Waals surface area contributed by atoms with Crippen molar-refractivity contribution in [3.63, 3.8) is 0 Å². The van der Waals surface area contributed by atoms with Crippen LogP contribution in [0.2, 0.25) is 0 Å². The summed E-state index contributed by atoms with van der Waals surface area (Å²) in [6.07, 6.45) is 3.18. The quantitative estimate of drug-likeness (QED) is 0.547. The zero-order valence-corrected chi connectivity index (χ0v) is 15.6. The Morgan fingerprint density at radius 1 is 1.22 bits per heavy atom. The van der Waals surface area contributed by atoms with Crippen LogP contribution in [0.25, 0.3) is 10.8 Å². The number of nitrogens with zero attached hydrogens (tertiary/aromatic N) is 2. The van der Waals surface area contributed by atoms with E-state index in [1.54, 1.807) is 30.7 Å². The predicted molar refractivity (Wildman–Crippen MR) is 100 cm³/mol. The number of oxazole rings is 1. The number of aromatic nitrogens is 2. The number of methoxy groups -OCH3 is 1. The zero-order chi connectivity index (χ0) is 18.9. The molecule has 0 unspecified atom stereocenters. The molecular weight excluding hydrogens is 368 g/mol. The van der Waals surface area contributed by atoms with E-state index in [1.165, 1.54) is 6.26 Å². The number of nitrogens with one attached hydrogen (secondary N) is 2. The summed E-state index contributed by atoms with van der Waals surface area (Å²) in [5, 5.41) is 7.48. The van der Waals surface area contributed by atoms with Crippen molar-refractivity contribution >= 4 is 17.4 Å². The van der Waals surface area contributed by atoms with Crippen molar-refractivity contribution in [2.75, 3.05) is 20.3 Å². The van der Waals surface area contributed by atoms with Gasteiger partial charge in [-0.25, -0.2) is 14.8 Å². The highest BCUT2D eigenvalue weighted by atomic mass is 32.1. The van der Waals surface area contributed by atoms with Gasteiger partial charge in [-0.05, 0) is 17.5 Å². The molecule has 0 aliphatic heterocycles. The van der Waals surface area contributed by atoms with Gasteiger partial charge in [0.15, 0.2) is 0 Å². The van der Waals surface area contributed by atoms with Crippen LogP contribution in [0.1, 0.15) is 11.3 Å². The van der Waals surface area contributed by atoms with E-state index in [-0.39, 0.29) is 12.6 Å². The van der Waals surface area contributed by atoms with Crippen molar-refractivity contribution in [1.29, 1.82) is 0 Å². The lowest BCUT2D eigenvalue weighted by Crippen LogP contribution is -2.34. The Morgan fingerprint density at radius 2 is 2.11 bits per heavy atom. The van der Waals surface area contributed by atoms with Gasteiger partial charge in [-0.1, -0.05) is 12.1 Å². The number of thiophene rings is 1. The topological polar surface area (TPSA) is 98.5 Å². The molecule has 3 heterocycles. The molecule has 0 aliphatic carbocycles. The van der Waals surface area contributed by atoms with Crippen molar-refractivity contribution in [2.24, 2.45) is 0 Å². The van der Waals surface area contributed by atoms with Crippen LogP contribution >= 0.6 is 11.3 Å². The van der Waals surface area contributed by atoms with Crippen LogP contribution in [-0.2, 0) is 17.8 Å². The average molecular weight is 388 g/mol. The van der Waals surface area contributed by atoms with Crippen molar-refractivity contribution in [2.45, 2.75) is 13.1 Å². The molecule has 0 atom stereocenters. The molecule has 3 aromatic rings. The van der Waals surface area contributed by atoms with Gasteiger partial charge in [0.05, 0.1) is 23.7 Å². The normalized spacial score (nSPS) is 10.6. The van der Waals surface area contributed by atoms with Crippen molar-refractivity contribution in [1.82, 2.24) is 20.6 Å². The third kappa shape index (κ3) is 5.53. The second kappa shape index (κ2) is 9.70. The smallest absolute Gasteiger partial charge is 0.315 e. The number of carbonyl (C=O) groups excluding carboxylic acids is 1. The molecule has 0 saturated heterocycles. The molecule has 0 aliphatic rings. The molecule has 2 amide bonds. The van der Waals surface area contributed by atoms with E-state index in [1.807, 2.05) is 23.6 Å². The molecule has 0 radical (unpaired) electrons. The number of urea groups is 1. The molecule has 142 valence electrons. The third-order valence-corrected chi connectivity index (χ3v) is 4.39. The fourth-order valence-corrected chi connectivity index (χ4v) is 2.88. The number of rotatable bonds is 9. The minimum Gasteiger partial charge on any atom is -0.475 e. The number of carbonyl (C=O) groups is 1. The minimum atomic E-state index is -0.317. The van der Waals surface area contributed by atoms with Crippen LogP contribution in [0.3, 0.4) is 0 Å². The first kappa shape index (κ1) is 18.9. The average Bonchev–Trinajstić information content (AvgIpc) is 3.37. The fourth-order valence-electron chi connectivity index (χ4n) is 2.22. The summed E-state index contributed by atoms with van der Waals surface area (Å²) in [6.45, 7) is 1.42. The summed E-state index contributed by atoms with van der Waals surface area (Å²) in [7, 11) is 1.60. The van der Waals surface area contributed by atoms with Crippen molar-refractivity contribution in [3.05, 3.63) is 53.4 Å². The number of hydrogen-bond acceptors (Lipinski definition) is 7. The summed E-state index contributed by atoms with van der Waals surface area (Å²) in [4.78, 5) is 21.5. The Kier molecular flexibility index (Phi) is 6.78. The lowest BCUT2D eigenvalue weighted by molar-refractivity contribution is 0.143. The van der Waals surface area contributed by atoms with Crippen LogP contribution in [-0.4, -0.2) is 36.3 Å². The lowest BCUT2D eigenvalue weighted by atomic mass is 10.2. The Morgan fingerprint density at radius 3 is 2.93 bits per heavy atom. The zero-order valence-electron chi connectivity index (χ0n) is 14.8. The molecule has 27 heavy (non-hydrogen) atoms. The van der Waals surface area contributed by atoms with E-state index >= 15 is 0 Å². The first-order chi connectivity index (χ1) is 13.3. The van der Waals surface area contributed by atoms with Crippen molar-refractivity contribution < 1.29 is 18.7 Å². The molecule has 0 bridgehead atoms. The molecular formula is C18H20N4O4S. The van der Waals surface area contributed by atoms with Crippen LogP contribution in [0.15, 0.2) is 46.5 Å². The molecule has 2 N–H and O–H groups in total. The number of ether oxygens (including phenoxy) is 2. The van der Waals surface area contributed by atoms with E-state index in [2.05, 4.69) is 20.6 Å². The van der Waals surface area contributed by atoms with Crippen LogP contribution < -0.4 is 15.4 Å². The first-order valence-electron chi connectivity index (χ1n) is 8.32. The van der Waals surface area contributed by atoms with Gasteiger partial charge in [0, 0.05) is 25.4 Å². The lowest BCUT2D eigenvalue weighted by Gasteiger charge is -2.11. The number of amides is 2. The van der Waals surface area contributed by atoms with E-state index in [4.69, 9.17) is 13.9 Å². The Labute approximate surface area is 160 Å². The van der Waals surface area contributed by atoms with Crippen LogP contribution in [0.4, 0.5) is 4.79 Å². The SMILES string of the molecule is COCCOc1ncccc1CNC(=O)NCc1coc(-c2cccs2)n1. The van der Waals surface area contributed by atoms with E-state index in [0.717, 1.165) is 10.4 Å². The van der Waals surface area contributed by atoms with E-state index in [9.17, 15) is 4.79 Å². The van der Waals surface area contributed by atoms with Gasteiger partial charge < -0.3 is 24.5 Å². The molecule has 0 fully saturated rings. The third-order valence-electron chi connectivity index (χ3n) is 3.53. The molecule has 0 saturated carbocycles. The first-order valence-corrected chi connectivity index (χ1v) is 9.20. The molecule has 0 aromatic carbocycles. The fraction of sp³-hybridized carbons (Fsp3) is 0.278. The molecule has 0 spiro atoms. The summed E-state index contributed by atoms with van der Waals surface area (Å²) < 4.78 is 15.9. The summed E-state index contributed by atoms with van der Waals surface area (Å²) in [5.41, 5.74) is 1.43. The number of hydrogen-bond donors (Lipinski definition) is 2. The highest BCUT2D eigenvalue weighted by Gasteiger charge is 2.10. The predicted octanol–water partition coefficient (Wildman–Crippen LogP) is 2.82. The Bertz CT molecular complexity index is 851. The highest BCUT2D eigenvalue weighted by Crippen LogP contribution is 2.23. The van der Waals surface area contributed by atoms with Gasteiger partial charge in [-0.15, -0.1) is 11.3 Å². The maximum absolute atomic E-state index is 12.0. The summed E-state index contributed by atoms with van der Waals surface area (Å²) in [6, 6.07) is 7.18. The summed E-state index contributed by atoms with van der Waals surface area (Å²) in [5.74, 6) is 1.03. The van der Waals surface area contributed by atoms with Crippen LogP contribution in [0.5, 0.6) is 5.88 Å². The largest absolute Gasteiger partial charge is 0.475 e. The maximum atomic E-state index is 12.0. The molecule has 9 heteroatoms. The van der Waals surface area contributed by atoms with Crippen LogP contribution in [0, 0.1) is 0 Å². The van der Waals surface area contributed by atoms with Gasteiger partial charge >= 0.3 is 6.03 Å². The van der Waals surface area contributed by atoms with Gasteiger partial charge in [0.1, 0.15) is 12.9 Å². The standard InChI is InChI=1S/C18H20N4O4S/c1-24-7-8-25-16-13(4-2-6-19-16)10-20-18(23)21-11-14-12-26-17(22-14)15-5-3-9-27-15/h2-6,9,12H,7-8,10-11H2,1H3,(H2,20,21,23). The van der Waals surface area contributed by atoms with Gasteiger partial charge in [-0.2, -0.15) is 0 Å². The Hall–Kier alpha value is -2.91. The van der Waals surface area contributed by atoms with Crippen molar-refractivity contribution in [3.8, 4) is 16.6 Å². The maximum Gasteiger partial charge on any atom is 0.315 e. The van der Waals surface area contributed by atoms with Gasteiger partial charge in [-0.3, -0.25) is 0 Å². The van der Waals surface area contributed by atoms with E-state index < -0.39 is 0 Å². The van der Waals surface area contributed by atoms with Gasteiger partial charge in [0.2, 0.25) is 11.8 Å². The minimum absolute atomic E-state index is 0.269. The molecule has 3 aromatic heterocycles. The van der Waals surface area contributed by atoms with Gasteiger partial charge in [0.25, 0.3) is 0 Å².